The molecule has 0 saturated carbocycles. The van der Waals surface area contributed by atoms with Crippen LogP contribution in [0, 0.1) is 11.8 Å². The third kappa shape index (κ3) is 8.09. The predicted octanol–water partition coefficient (Wildman–Crippen LogP) is 3.37. The Labute approximate surface area is 189 Å². The third-order valence-corrected chi connectivity index (χ3v) is 6.39. The molecule has 3 rings (SSSR count). The molecule has 1 unspecified atom stereocenters. The van der Waals surface area contributed by atoms with Gasteiger partial charge in [-0.3, -0.25) is 4.90 Å². The summed E-state index contributed by atoms with van der Waals surface area (Å²) in [6.07, 6.45) is 3.80. The van der Waals surface area contributed by atoms with E-state index in [0.29, 0.717) is 19.1 Å². The fraction of sp³-hybridized carbons (Fsp3) is 0.720. The molecule has 1 aromatic rings. The zero-order chi connectivity index (χ0) is 21.9. The Balaban J connectivity index is 1.52. The SMILES string of the molecule is CCNC(=NCc1cccc(CN2CCC(C)CC2)c1)N1CCC(COCCOC)C1. The number of benzene rings is 1. The number of aliphatic imine (C=N–C) groups is 1. The minimum absolute atomic E-state index is 0.566. The molecule has 2 aliphatic rings. The van der Waals surface area contributed by atoms with E-state index in [1.165, 1.54) is 37.1 Å². The molecule has 0 radical (unpaired) electrons. The van der Waals surface area contributed by atoms with Crippen LogP contribution in [-0.4, -0.2) is 75.4 Å². The number of guanidine groups is 1. The summed E-state index contributed by atoms with van der Waals surface area (Å²) < 4.78 is 10.8. The van der Waals surface area contributed by atoms with E-state index in [4.69, 9.17) is 14.5 Å². The number of ether oxygens (including phenoxy) is 2. The van der Waals surface area contributed by atoms with Gasteiger partial charge in [-0.15, -0.1) is 0 Å². The van der Waals surface area contributed by atoms with E-state index < -0.39 is 0 Å². The molecule has 6 nitrogen and oxygen atoms in total. The summed E-state index contributed by atoms with van der Waals surface area (Å²) >= 11 is 0. The highest BCUT2D eigenvalue weighted by Crippen LogP contribution is 2.19. The van der Waals surface area contributed by atoms with Crippen molar-refractivity contribution in [1.29, 1.82) is 0 Å². The van der Waals surface area contributed by atoms with Crippen molar-refractivity contribution in [3.63, 3.8) is 0 Å². The number of nitrogens with zero attached hydrogens (tertiary/aromatic N) is 3. The molecule has 1 aromatic carbocycles. The van der Waals surface area contributed by atoms with E-state index in [1.807, 2.05) is 0 Å². The maximum absolute atomic E-state index is 5.74. The molecule has 2 heterocycles. The van der Waals surface area contributed by atoms with E-state index in [1.54, 1.807) is 7.11 Å². The molecular formula is C25H42N4O2. The second-order valence-electron chi connectivity index (χ2n) is 9.12. The van der Waals surface area contributed by atoms with Crippen LogP contribution in [0.15, 0.2) is 29.3 Å². The first-order valence-corrected chi connectivity index (χ1v) is 12.1. The van der Waals surface area contributed by atoms with Crippen molar-refractivity contribution >= 4 is 5.96 Å². The monoisotopic (exact) mass is 430 g/mol. The molecular weight excluding hydrogens is 388 g/mol. The molecule has 1 N–H and O–H groups in total. The maximum atomic E-state index is 5.74. The van der Waals surface area contributed by atoms with Gasteiger partial charge in [0.25, 0.3) is 0 Å². The quantitative estimate of drug-likeness (QED) is 0.350. The van der Waals surface area contributed by atoms with E-state index in [9.17, 15) is 0 Å². The molecule has 0 aliphatic carbocycles. The van der Waals surface area contributed by atoms with E-state index in [0.717, 1.165) is 57.6 Å². The lowest BCUT2D eigenvalue weighted by Crippen LogP contribution is -2.40. The van der Waals surface area contributed by atoms with Gasteiger partial charge in [0.05, 0.1) is 26.4 Å². The van der Waals surface area contributed by atoms with Crippen molar-refractivity contribution in [1.82, 2.24) is 15.1 Å². The molecule has 6 heteroatoms. The van der Waals surface area contributed by atoms with Crippen molar-refractivity contribution in [3.8, 4) is 0 Å². The van der Waals surface area contributed by atoms with Crippen LogP contribution in [0.4, 0.5) is 0 Å². The van der Waals surface area contributed by atoms with Crippen molar-refractivity contribution < 1.29 is 9.47 Å². The van der Waals surface area contributed by atoms with Crippen LogP contribution in [0.1, 0.15) is 44.2 Å². The first kappa shape index (κ1) is 24.0. The van der Waals surface area contributed by atoms with Gasteiger partial charge in [0.15, 0.2) is 5.96 Å². The Morgan fingerprint density at radius 2 is 1.94 bits per heavy atom. The first-order valence-electron chi connectivity index (χ1n) is 12.1. The third-order valence-electron chi connectivity index (χ3n) is 6.39. The van der Waals surface area contributed by atoms with Gasteiger partial charge in [0.2, 0.25) is 0 Å². The smallest absolute Gasteiger partial charge is 0.194 e. The van der Waals surface area contributed by atoms with Crippen LogP contribution in [0.25, 0.3) is 0 Å². The molecule has 2 saturated heterocycles. The standard InChI is InChI=1S/C25H42N4O2/c1-4-26-25(29-13-10-24(19-29)20-31-15-14-30-3)27-17-22-6-5-7-23(16-22)18-28-11-8-21(2)9-12-28/h5-7,16,21,24H,4,8-15,17-20H2,1-3H3,(H,26,27). The Hall–Kier alpha value is -1.63. The van der Waals surface area contributed by atoms with Gasteiger partial charge >= 0.3 is 0 Å². The maximum Gasteiger partial charge on any atom is 0.194 e. The summed E-state index contributed by atoms with van der Waals surface area (Å²) in [5.74, 6) is 2.47. The van der Waals surface area contributed by atoms with Crippen molar-refractivity contribution in [2.24, 2.45) is 16.8 Å². The number of hydrogen-bond donors (Lipinski definition) is 1. The largest absolute Gasteiger partial charge is 0.382 e. The van der Waals surface area contributed by atoms with Crippen LogP contribution in [0.5, 0.6) is 0 Å². The van der Waals surface area contributed by atoms with Crippen LogP contribution < -0.4 is 5.32 Å². The van der Waals surface area contributed by atoms with Crippen molar-refractivity contribution in [2.75, 3.05) is 59.7 Å². The number of nitrogens with one attached hydrogen (secondary N) is 1. The Bertz CT molecular complexity index is 673. The summed E-state index contributed by atoms with van der Waals surface area (Å²) in [7, 11) is 1.71. The molecule has 0 bridgehead atoms. The van der Waals surface area contributed by atoms with Gasteiger partial charge in [0, 0.05) is 39.2 Å². The van der Waals surface area contributed by atoms with Gasteiger partial charge in [0.1, 0.15) is 0 Å². The average Bonchev–Trinajstić information content (AvgIpc) is 3.25. The Kier molecular flexibility index (Phi) is 10.1. The fourth-order valence-electron chi connectivity index (χ4n) is 4.45. The van der Waals surface area contributed by atoms with Crippen LogP contribution in [0.3, 0.4) is 0 Å². The molecule has 2 fully saturated rings. The van der Waals surface area contributed by atoms with E-state index >= 15 is 0 Å². The second kappa shape index (κ2) is 13.0. The molecule has 2 aliphatic heterocycles. The predicted molar refractivity (Wildman–Crippen MR) is 127 cm³/mol. The van der Waals surface area contributed by atoms with Gasteiger partial charge in [-0.1, -0.05) is 31.2 Å². The van der Waals surface area contributed by atoms with E-state index in [2.05, 4.69) is 53.2 Å². The fourth-order valence-corrected chi connectivity index (χ4v) is 4.45. The molecule has 0 spiro atoms. The topological polar surface area (TPSA) is 49.3 Å². The number of rotatable bonds is 10. The second-order valence-corrected chi connectivity index (χ2v) is 9.12. The highest BCUT2D eigenvalue weighted by atomic mass is 16.5. The van der Waals surface area contributed by atoms with Crippen LogP contribution in [-0.2, 0) is 22.6 Å². The minimum atomic E-state index is 0.566. The molecule has 31 heavy (non-hydrogen) atoms. The number of hydrogen-bond acceptors (Lipinski definition) is 4. The summed E-state index contributed by atoms with van der Waals surface area (Å²) in [5, 5.41) is 3.48. The summed E-state index contributed by atoms with van der Waals surface area (Å²) in [6.45, 7) is 13.8. The van der Waals surface area contributed by atoms with Crippen LogP contribution >= 0.6 is 0 Å². The zero-order valence-corrected chi connectivity index (χ0v) is 19.8. The van der Waals surface area contributed by atoms with Crippen LogP contribution in [0.2, 0.25) is 0 Å². The molecule has 174 valence electrons. The highest BCUT2D eigenvalue weighted by molar-refractivity contribution is 5.80. The number of likely N-dealkylation sites (tertiary alicyclic amines) is 2. The molecule has 0 aromatic heterocycles. The molecule has 0 amide bonds. The van der Waals surface area contributed by atoms with E-state index in [-0.39, 0.29) is 0 Å². The molecule has 1 atom stereocenters. The number of methoxy groups -OCH3 is 1. The summed E-state index contributed by atoms with van der Waals surface area (Å²) in [4.78, 5) is 9.94. The van der Waals surface area contributed by atoms with Gasteiger partial charge in [-0.25, -0.2) is 4.99 Å². The minimum Gasteiger partial charge on any atom is -0.382 e. The lowest BCUT2D eigenvalue weighted by atomic mass is 9.98. The normalized spacial score (nSPS) is 21.1. The zero-order valence-electron chi connectivity index (χ0n) is 19.8. The van der Waals surface area contributed by atoms with Gasteiger partial charge < -0.3 is 19.7 Å². The first-order chi connectivity index (χ1) is 15.2. The Morgan fingerprint density at radius 1 is 1.13 bits per heavy atom. The Morgan fingerprint density at radius 3 is 2.71 bits per heavy atom. The van der Waals surface area contributed by atoms with Gasteiger partial charge in [-0.2, -0.15) is 0 Å². The van der Waals surface area contributed by atoms with Crippen molar-refractivity contribution in [3.05, 3.63) is 35.4 Å². The number of piperidine rings is 1. The van der Waals surface area contributed by atoms with Gasteiger partial charge in [-0.05, 0) is 56.3 Å². The average molecular weight is 431 g/mol. The highest BCUT2D eigenvalue weighted by Gasteiger charge is 2.25. The van der Waals surface area contributed by atoms with Crippen molar-refractivity contribution in [2.45, 2.75) is 46.2 Å². The summed E-state index contributed by atoms with van der Waals surface area (Å²) in [5.41, 5.74) is 2.69. The lowest BCUT2D eigenvalue weighted by Gasteiger charge is -2.30. The lowest BCUT2D eigenvalue weighted by molar-refractivity contribution is 0.0536. The summed E-state index contributed by atoms with van der Waals surface area (Å²) in [6, 6.07) is 8.97.